The van der Waals surface area contributed by atoms with Crippen molar-refractivity contribution >= 4 is 19.2 Å². The van der Waals surface area contributed by atoms with Crippen molar-refractivity contribution in [3.8, 4) is 0 Å². The van der Waals surface area contributed by atoms with Gasteiger partial charge in [-0.3, -0.25) is 0 Å². The van der Waals surface area contributed by atoms with E-state index in [1.807, 2.05) is 31.2 Å². The number of rotatable bonds is 3. The first-order chi connectivity index (χ1) is 6.65. The number of ether oxygens (including phenoxy) is 1. The Labute approximate surface area is 86.0 Å². The molecular formula is C11H15O2P. The first-order valence-electron chi connectivity index (χ1n) is 4.59. The van der Waals surface area contributed by atoms with Crippen LogP contribution in [0.1, 0.15) is 17.3 Å². The molecule has 0 heterocycles. The van der Waals surface area contributed by atoms with Crippen LogP contribution in [0.3, 0.4) is 0 Å². The van der Waals surface area contributed by atoms with Crippen molar-refractivity contribution in [2.45, 2.75) is 6.92 Å². The molecule has 76 valence electrons. The highest BCUT2D eigenvalue weighted by atomic mass is 31.1. The first-order valence-corrected chi connectivity index (χ1v) is 6.83. The van der Waals surface area contributed by atoms with Crippen LogP contribution in [0.5, 0.6) is 0 Å². The molecule has 0 saturated heterocycles. The summed E-state index contributed by atoms with van der Waals surface area (Å²) in [7, 11) is -0.0872. The molecule has 0 radical (unpaired) electrons. The number of benzene rings is 1. The Morgan fingerprint density at radius 3 is 2.29 bits per heavy atom. The van der Waals surface area contributed by atoms with Gasteiger partial charge >= 0.3 is 5.97 Å². The molecule has 0 aromatic heterocycles. The Kier molecular flexibility index (Phi) is 4.09. The van der Waals surface area contributed by atoms with Gasteiger partial charge in [0.05, 0.1) is 12.2 Å². The number of hydrogen-bond donors (Lipinski definition) is 0. The molecule has 1 aromatic carbocycles. The third-order valence-electron chi connectivity index (χ3n) is 1.89. The average Bonchev–Trinajstić information content (AvgIpc) is 2.18. The highest BCUT2D eigenvalue weighted by molar-refractivity contribution is 7.64. The van der Waals surface area contributed by atoms with Gasteiger partial charge < -0.3 is 4.74 Å². The van der Waals surface area contributed by atoms with Gasteiger partial charge in [0.2, 0.25) is 0 Å². The molecule has 0 aliphatic carbocycles. The van der Waals surface area contributed by atoms with Crippen LogP contribution in [0, 0.1) is 0 Å². The lowest BCUT2D eigenvalue weighted by Gasteiger charge is -2.06. The van der Waals surface area contributed by atoms with Crippen LogP contribution in [0.2, 0.25) is 0 Å². The minimum Gasteiger partial charge on any atom is -0.462 e. The van der Waals surface area contributed by atoms with E-state index in [2.05, 4.69) is 13.3 Å². The maximum atomic E-state index is 11.3. The molecule has 3 heteroatoms. The fourth-order valence-electron chi connectivity index (χ4n) is 1.11. The summed E-state index contributed by atoms with van der Waals surface area (Å²) >= 11 is 0. The summed E-state index contributed by atoms with van der Waals surface area (Å²) in [5.74, 6) is -0.240. The molecule has 0 unspecified atom stereocenters. The third kappa shape index (κ3) is 2.81. The van der Waals surface area contributed by atoms with Gasteiger partial charge in [-0.05, 0) is 37.7 Å². The van der Waals surface area contributed by atoms with E-state index in [1.54, 1.807) is 0 Å². The van der Waals surface area contributed by atoms with Gasteiger partial charge in [-0.25, -0.2) is 4.79 Å². The van der Waals surface area contributed by atoms with E-state index >= 15 is 0 Å². The predicted molar refractivity (Wildman–Crippen MR) is 60.8 cm³/mol. The zero-order valence-electron chi connectivity index (χ0n) is 8.78. The van der Waals surface area contributed by atoms with E-state index in [0.717, 1.165) is 0 Å². The molecule has 14 heavy (non-hydrogen) atoms. The van der Waals surface area contributed by atoms with Crippen LogP contribution in [0.15, 0.2) is 24.3 Å². The molecule has 0 fully saturated rings. The summed E-state index contributed by atoms with van der Waals surface area (Å²) in [5, 5.41) is 1.30. The first kappa shape index (κ1) is 11.2. The van der Waals surface area contributed by atoms with Crippen LogP contribution in [-0.2, 0) is 4.74 Å². The zero-order chi connectivity index (χ0) is 10.6. The number of carbonyl (C=O) groups is 1. The molecule has 1 rings (SSSR count). The van der Waals surface area contributed by atoms with Crippen molar-refractivity contribution in [1.82, 2.24) is 0 Å². The Morgan fingerprint density at radius 2 is 1.86 bits per heavy atom. The van der Waals surface area contributed by atoms with E-state index < -0.39 is 0 Å². The lowest BCUT2D eigenvalue weighted by atomic mass is 10.2. The molecule has 1 aromatic rings. The van der Waals surface area contributed by atoms with E-state index in [0.29, 0.717) is 12.2 Å². The molecule has 0 bridgehead atoms. The molecule has 2 nitrogen and oxygen atoms in total. The van der Waals surface area contributed by atoms with E-state index in [9.17, 15) is 4.79 Å². The van der Waals surface area contributed by atoms with Crippen molar-refractivity contribution in [2.75, 3.05) is 19.9 Å². The lowest BCUT2D eigenvalue weighted by molar-refractivity contribution is 0.0526. The monoisotopic (exact) mass is 210 g/mol. The summed E-state index contributed by atoms with van der Waals surface area (Å²) < 4.78 is 4.89. The Balaban J connectivity index is 2.78. The third-order valence-corrected chi connectivity index (χ3v) is 3.23. The van der Waals surface area contributed by atoms with Crippen LogP contribution in [0.4, 0.5) is 0 Å². The van der Waals surface area contributed by atoms with Crippen molar-refractivity contribution < 1.29 is 9.53 Å². The highest BCUT2D eigenvalue weighted by Gasteiger charge is 2.06. The van der Waals surface area contributed by atoms with Crippen LogP contribution in [0.25, 0.3) is 0 Å². The smallest absolute Gasteiger partial charge is 0.338 e. The fourth-order valence-corrected chi connectivity index (χ4v) is 1.86. The van der Waals surface area contributed by atoms with E-state index in [1.165, 1.54) is 5.30 Å². The largest absolute Gasteiger partial charge is 0.462 e. The second-order valence-electron chi connectivity index (χ2n) is 3.16. The number of esters is 1. The van der Waals surface area contributed by atoms with Gasteiger partial charge in [-0.1, -0.05) is 20.1 Å². The minimum atomic E-state index is -0.240. The average molecular weight is 210 g/mol. The Morgan fingerprint density at radius 1 is 1.29 bits per heavy atom. The standard InChI is InChI=1S/C11H15O2P/c1-4-13-11(12)9-5-7-10(8-6-9)14(2)3/h5-8H,4H2,1-3H3. The van der Waals surface area contributed by atoms with Gasteiger partial charge in [0, 0.05) is 0 Å². The quantitative estimate of drug-likeness (QED) is 0.565. The van der Waals surface area contributed by atoms with E-state index in [4.69, 9.17) is 4.74 Å². The molecule has 0 saturated carbocycles. The van der Waals surface area contributed by atoms with Gasteiger partial charge in [0.25, 0.3) is 0 Å². The van der Waals surface area contributed by atoms with Gasteiger partial charge in [-0.15, -0.1) is 0 Å². The summed E-state index contributed by atoms with van der Waals surface area (Å²) in [6, 6.07) is 7.65. The summed E-state index contributed by atoms with van der Waals surface area (Å²) in [4.78, 5) is 11.3. The molecule has 0 aliphatic rings. The highest BCUT2D eigenvalue weighted by Crippen LogP contribution is 2.23. The van der Waals surface area contributed by atoms with Gasteiger partial charge in [0.15, 0.2) is 0 Å². The molecule has 0 N–H and O–H groups in total. The second-order valence-corrected chi connectivity index (χ2v) is 5.47. The van der Waals surface area contributed by atoms with Crippen LogP contribution in [-0.4, -0.2) is 25.9 Å². The summed E-state index contributed by atoms with van der Waals surface area (Å²) in [6.07, 6.45) is 0. The maximum Gasteiger partial charge on any atom is 0.338 e. The van der Waals surface area contributed by atoms with Gasteiger partial charge in [0.1, 0.15) is 0 Å². The fraction of sp³-hybridized carbons (Fsp3) is 0.364. The number of hydrogen-bond acceptors (Lipinski definition) is 2. The van der Waals surface area contributed by atoms with Crippen molar-refractivity contribution in [3.05, 3.63) is 29.8 Å². The molecule has 0 spiro atoms. The van der Waals surface area contributed by atoms with Crippen LogP contribution < -0.4 is 5.30 Å². The molecule has 0 atom stereocenters. The molecule has 0 aliphatic heterocycles. The SMILES string of the molecule is CCOC(=O)c1ccc(P(C)C)cc1. The molecular weight excluding hydrogens is 195 g/mol. The van der Waals surface area contributed by atoms with Crippen molar-refractivity contribution in [2.24, 2.45) is 0 Å². The van der Waals surface area contributed by atoms with Crippen LogP contribution >= 0.6 is 7.92 Å². The maximum absolute atomic E-state index is 11.3. The summed E-state index contributed by atoms with van der Waals surface area (Å²) in [5.41, 5.74) is 0.632. The second kappa shape index (κ2) is 5.11. The topological polar surface area (TPSA) is 26.3 Å². The minimum absolute atomic E-state index is 0.0872. The normalized spacial score (nSPS) is 10.3. The zero-order valence-corrected chi connectivity index (χ0v) is 9.67. The predicted octanol–water partition coefficient (Wildman–Crippen LogP) is 2.23. The van der Waals surface area contributed by atoms with E-state index in [-0.39, 0.29) is 13.9 Å². The summed E-state index contributed by atoms with van der Waals surface area (Å²) in [6.45, 7) is 6.61. The Bertz CT molecular complexity index is 304. The Hall–Kier alpha value is -0.880. The van der Waals surface area contributed by atoms with Crippen molar-refractivity contribution in [3.63, 3.8) is 0 Å². The molecule has 0 amide bonds. The van der Waals surface area contributed by atoms with Gasteiger partial charge in [-0.2, -0.15) is 0 Å². The lowest BCUT2D eigenvalue weighted by Crippen LogP contribution is -2.06. The van der Waals surface area contributed by atoms with Crippen molar-refractivity contribution in [1.29, 1.82) is 0 Å². The number of carbonyl (C=O) groups excluding carboxylic acids is 1.